The highest BCUT2D eigenvalue weighted by Crippen LogP contribution is 2.19. The van der Waals surface area contributed by atoms with Crippen LogP contribution in [0.25, 0.3) is 0 Å². The van der Waals surface area contributed by atoms with Crippen molar-refractivity contribution in [3.8, 4) is 5.75 Å². The number of aromatic nitrogens is 1. The standard InChI is InChI=1S/C21H18F2N2O5/c1-12-17(13(2)30-25-12)10-28-16-5-3-4-14(8-16)21(27)29-11-20(26)24-15-6-7-18(22)19(23)9-15/h3-9H,10-11H2,1-2H3,(H,24,26). The van der Waals surface area contributed by atoms with E-state index >= 15 is 0 Å². The van der Waals surface area contributed by atoms with E-state index in [1.165, 1.54) is 18.2 Å². The summed E-state index contributed by atoms with van der Waals surface area (Å²) in [5.41, 5.74) is 1.77. The number of nitrogens with one attached hydrogen (secondary N) is 1. The van der Waals surface area contributed by atoms with Gasteiger partial charge in [0.1, 0.15) is 18.1 Å². The lowest BCUT2D eigenvalue weighted by Gasteiger charge is -2.09. The predicted molar refractivity (Wildman–Crippen MR) is 102 cm³/mol. The molecule has 0 fully saturated rings. The average molecular weight is 416 g/mol. The van der Waals surface area contributed by atoms with Gasteiger partial charge in [0.15, 0.2) is 18.2 Å². The number of ether oxygens (including phenoxy) is 2. The van der Waals surface area contributed by atoms with Gasteiger partial charge in [-0.3, -0.25) is 4.79 Å². The van der Waals surface area contributed by atoms with Crippen LogP contribution >= 0.6 is 0 Å². The first kappa shape index (κ1) is 21.0. The molecule has 9 heteroatoms. The normalized spacial score (nSPS) is 10.5. The molecule has 30 heavy (non-hydrogen) atoms. The Balaban J connectivity index is 1.54. The van der Waals surface area contributed by atoms with Gasteiger partial charge in [0.2, 0.25) is 0 Å². The monoisotopic (exact) mass is 416 g/mol. The van der Waals surface area contributed by atoms with Gasteiger partial charge in [-0.25, -0.2) is 13.6 Å². The van der Waals surface area contributed by atoms with Crippen LogP contribution in [0.15, 0.2) is 47.0 Å². The summed E-state index contributed by atoms with van der Waals surface area (Å²) in [6.07, 6.45) is 0. The lowest BCUT2D eigenvalue weighted by atomic mass is 10.2. The average Bonchev–Trinajstić information content (AvgIpc) is 3.05. The van der Waals surface area contributed by atoms with Crippen molar-refractivity contribution in [2.45, 2.75) is 20.5 Å². The lowest BCUT2D eigenvalue weighted by Crippen LogP contribution is -2.21. The van der Waals surface area contributed by atoms with Crippen LogP contribution in [0.4, 0.5) is 14.5 Å². The Labute approximate surface area is 170 Å². The zero-order valence-electron chi connectivity index (χ0n) is 16.2. The maximum atomic E-state index is 13.2. The Bertz CT molecular complexity index is 1060. The fourth-order valence-electron chi connectivity index (χ4n) is 2.56. The smallest absolute Gasteiger partial charge is 0.338 e. The number of hydrogen-bond acceptors (Lipinski definition) is 6. The number of amides is 1. The van der Waals surface area contributed by atoms with E-state index in [1.54, 1.807) is 26.0 Å². The highest BCUT2D eigenvalue weighted by Gasteiger charge is 2.14. The number of carbonyl (C=O) groups is 2. The Morgan fingerprint density at radius 3 is 2.60 bits per heavy atom. The number of aryl methyl sites for hydroxylation is 2. The molecule has 0 spiro atoms. The lowest BCUT2D eigenvalue weighted by molar-refractivity contribution is -0.119. The molecule has 0 bridgehead atoms. The molecule has 3 rings (SSSR count). The van der Waals surface area contributed by atoms with Crippen LogP contribution in [0.1, 0.15) is 27.4 Å². The second-order valence-electron chi connectivity index (χ2n) is 6.37. The van der Waals surface area contributed by atoms with E-state index < -0.39 is 30.1 Å². The third-order valence-electron chi connectivity index (χ3n) is 4.17. The summed E-state index contributed by atoms with van der Waals surface area (Å²) in [4.78, 5) is 24.1. The van der Waals surface area contributed by atoms with Crippen molar-refractivity contribution >= 4 is 17.6 Å². The first-order valence-electron chi connectivity index (χ1n) is 8.90. The van der Waals surface area contributed by atoms with Crippen LogP contribution in [-0.2, 0) is 16.1 Å². The van der Waals surface area contributed by atoms with Crippen molar-refractivity contribution in [1.82, 2.24) is 5.16 Å². The molecule has 0 radical (unpaired) electrons. The molecule has 1 aromatic heterocycles. The topological polar surface area (TPSA) is 90.7 Å². The van der Waals surface area contributed by atoms with Gasteiger partial charge in [-0.1, -0.05) is 11.2 Å². The van der Waals surface area contributed by atoms with Crippen molar-refractivity contribution in [2.75, 3.05) is 11.9 Å². The van der Waals surface area contributed by atoms with E-state index in [1.807, 2.05) is 0 Å². The SMILES string of the molecule is Cc1noc(C)c1COc1cccc(C(=O)OCC(=O)Nc2ccc(F)c(F)c2)c1. The van der Waals surface area contributed by atoms with Crippen molar-refractivity contribution in [2.24, 2.45) is 0 Å². The zero-order chi connectivity index (χ0) is 21.7. The molecular weight excluding hydrogens is 398 g/mol. The molecule has 0 atom stereocenters. The molecule has 156 valence electrons. The van der Waals surface area contributed by atoms with Crippen molar-refractivity contribution in [1.29, 1.82) is 0 Å². The maximum absolute atomic E-state index is 13.2. The minimum absolute atomic E-state index is 0.0460. The molecule has 0 saturated carbocycles. The van der Waals surface area contributed by atoms with Crippen LogP contribution < -0.4 is 10.1 Å². The number of esters is 1. The van der Waals surface area contributed by atoms with E-state index in [0.29, 0.717) is 11.5 Å². The number of nitrogens with zero attached hydrogens (tertiary/aromatic N) is 1. The van der Waals surface area contributed by atoms with E-state index in [0.717, 1.165) is 23.4 Å². The molecule has 0 aliphatic carbocycles. The first-order valence-corrected chi connectivity index (χ1v) is 8.90. The summed E-state index contributed by atoms with van der Waals surface area (Å²) in [5.74, 6) is -2.49. The largest absolute Gasteiger partial charge is 0.489 e. The Kier molecular flexibility index (Phi) is 6.41. The number of carbonyl (C=O) groups excluding carboxylic acids is 2. The molecule has 0 aliphatic rings. The quantitative estimate of drug-likeness (QED) is 0.587. The molecule has 1 N–H and O–H groups in total. The van der Waals surface area contributed by atoms with Gasteiger partial charge in [-0.2, -0.15) is 0 Å². The maximum Gasteiger partial charge on any atom is 0.338 e. The van der Waals surface area contributed by atoms with Crippen LogP contribution in [0.5, 0.6) is 5.75 Å². The molecule has 0 unspecified atom stereocenters. The highest BCUT2D eigenvalue weighted by atomic mass is 19.2. The number of benzene rings is 2. The number of halogens is 2. The number of anilines is 1. The van der Waals surface area contributed by atoms with Gasteiger partial charge in [0.05, 0.1) is 16.8 Å². The molecule has 1 heterocycles. The van der Waals surface area contributed by atoms with E-state index in [9.17, 15) is 18.4 Å². The van der Waals surface area contributed by atoms with E-state index in [2.05, 4.69) is 10.5 Å². The summed E-state index contributed by atoms with van der Waals surface area (Å²) < 4.78 is 41.8. The summed E-state index contributed by atoms with van der Waals surface area (Å²) in [7, 11) is 0. The van der Waals surface area contributed by atoms with Gasteiger partial charge in [0.25, 0.3) is 5.91 Å². The van der Waals surface area contributed by atoms with Crippen LogP contribution in [0.3, 0.4) is 0 Å². The molecule has 0 saturated heterocycles. The summed E-state index contributed by atoms with van der Waals surface area (Å²) >= 11 is 0. The Morgan fingerprint density at radius 1 is 1.10 bits per heavy atom. The van der Waals surface area contributed by atoms with Crippen molar-refractivity contribution < 1.29 is 32.4 Å². The van der Waals surface area contributed by atoms with E-state index in [4.69, 9.17) is 14.0 Å². The van der Waals surface area contributed by atoms with Gasteiger partial charge in [-0.05, 0) is 44.2 Å². The van der Waals surface area contributed by atoms with E-state index in [-0.39, 0.29) is 17.9 Å². The Morgan fingerprint density at radius 2 is 1.90 bits per heavy atom. The van der Waals surface area contributed by atoms with Gasteiger partial charge in [0, 0.05) is 11.8 Å². The predicted octanol–water partition coefficient (Wildman–Crippen LogP) is 3.94. The second-order valence-corrected chi connectivity index (χ2v) is 6.37. The molecular formula is C21H18F2N2O5. The number of hydrogen-bond donors (Lipinski definition) is 1. The third kappa shape index (κ3) is 5.19. The second kappa shape index (κ2) is 9.17. The van der Waals surface area contributed by atoms with Gasteiger partial charge >= 0.3 is 5.97 Å². The van der Waals surface area contributed by atoms with Gasteiger partial charge in [-0.15, -0.1) is 0 Å². The minimum atomic E-state index is -1.10. The molecule has 3 aromatic rings. The minimum Gasteiger partial charge on any atom is -0.489 e. The first-order chi connectivity index (χ1) is 14.3. The molecule has 7 nitrogen and oxygen atoms in total. The zero-order valence-corrected chi connectivity index (χ0v) is 16.2. The molecule has 1 amide bonds. The van der Waals surface area contributed by atoms with Crippen LogP contribution in [-0.4, -0.2) is 23.6 Å². The van der Waals surface area contributed by atoms with Gasteiger partial charge < -0.3 is 19.3 Å². The van der Waals surface area contributed by atoms with Crippen LogP contribution in [0, 0.1) is 25.5 Å². The molecule has 2 aromatic carbocycles. The fraction of sp³-hybridized carbons (Fsp3) is 0.190. The fourth-order valence-corrected chi connectivity index (χ4v) is 2.56. The Hall–Kier alpha value is -3.75. The van der Waals surface area contributed by atoms with Crippen molar-refractivity contribution in [3.05, 3.63) is 76.7 Å². The summed E-state index contributed by atoms with van der Waals surface area (Å²) in [6.45, 7) is 3.20. The van der Waals surface area contributed by atoms with Crippen molar-refractivity contribution in [3.63, 3.8) is 0 Å². The third-order valence-corrected chi connectivity index (χ3v) is 4.17. The summed E-state index contributed by atoms with van der Waals surface area (Å²) in [5, 5.41) is 6.16. The highest BCUT2D eigenvalue weighted by molar-refractivity contribution is 5.95. The molecule has 0 aliphatic heterocycles. The number of rotatable bonds is 7. The summed E-state index contributed by atoms with van der Waals surface area (Å²) in [6, 6.07) is 9.18. The van der Waals surface area contributed by atoms with Crippen LogP contribution in [0.2, 0.25) is 0 Å².